The molecule has 0 saturated heterocycles. The van der Waals surface area contributed by atoms with E-state index >= 15 is 0 Å². The number of hydrogen-bond donors (Lipinski definition) is 2. The first-order chi connectivity index (χ1) is 11.7. The van der Waals surface area contributed by atoms with E-state index in [1.54, 1.807) is 0 Å². The molecule has 0 amide bonds. The van der Waals surface area contributed by atoms with E-state index in [9.17, 15) is 0 Å². The van der Waals surface area contributed by atoms with Crippen molar-refractivity contribution in [2.24, 2.45) is 0 Å². The summed E-state index contributed by atoms with van der Waals surface area (Å²) in [6.45, 7) is 12.6. The van der Waals surface area contributed by atoms with Gasteiger partial charge in [-0.2, -0.15) is 0 Å². The van der Waals surface area contributed by atoms with Gasteiger partial charge in [0.05, 0.1) is 5.69 Å². The van der Waals surface area contributed by atoms with E-state index in [0.717, 1.165) is 55.0 Å². The number of anilines is 1. The molecular formula is C21H27N3. The average Bonchev–Trinajstić information content (AvgIpc) is 2.60. The summed E-state index contributed by atoms with van der Waals surface area (Å²) in [6.07, 6.45) is 7.85. The fraction of sp³-hybridized carbons (Fsp3) is 0.286. The Morgan fingerprint density at radius 2 is 1.79 bits per heavy atom. The molecule has 0 aliphatic rings. The van der Waals surface area contributed by atoms with Gasteiger partial charge in [0.15, 0.2) is 0 Å². The summed E-state index contributed by atoms with van der Waals surface area (Å²) in [5.41, 5.74) is 5.72. The molecule has 1 aromatic heterocycles. The molecule has 2 rings (SSSR count). The standard InChI is InChI=1S/C21H27N3/c1-4-18-8-9-20(15-19(18)5-2)23-12-7-6-11-22-16-21-14-17(3)10-13-24-21/h4-5,8-10,13-15,22-23H,1-2,6-7,11-12,16H2,3H3. The second kappa shape index (κ2) is 9.68. The van der Waals surface area contributed by atoms with Gasteiger partial charge in [0.25, 0.3) is 0 Å². The monoisotopic (exact) mass is 321 g/mol. The molecule has 1 aromatic carbocycles. The van der Waals surface area contributed by atoms with Gasteiger partial charge in [0.2, 0.25) is 0 Å². The number of aromatic nitrogens is 1. The van der Waals surface area contributed by atoms with Gasteiger partial charge in [-0.1, -0.05) is 31.4 Å². The molecule has 1 heterocycles. The minimum Gasteiger partial charge on any atom is -0.385 e. The lowest BCUT2D eigenvalue weighted by Crippen LogP contribution is -2.16. The number of nitrogens with zero attached hydrogens (tertiary/aromatic N) is 1. The van der Waals surface area contributed by atoms with Crippen LogP contribution < -0.4 is 10.6 Å². The van der Waals surface area contributed by atoms with Gasteiger partial charge >= 0.3 is 0 Å². The van der Waals surface area contributed by atoms with E-state index in [2.05, 4.69) is 60.0 Å². The van der Waals surface area contributed by atoms with E-state index < -0.39 is 0 Å². The van der Waals surface area contributed by atoms with Gasteiger partial charge < -0.3 is 10.6 Å². The van der Waals surface area contributed by atoms with Crippen molar-refractivity contribution < 1.29 is 0 Å². The van der Waals surface area contributed by atoms with Crippen LogP contribution in [-0.2, 0) is 6.54 Å². The van der Waals surface area contributed by atoms with Crippen LogP contribution in [0, 0.1) is 6.92 Å². The number of pyridine rings is 1. The first-order valence-corrected chi connectivity index (χ1v) is 8.48. The van der Waals surface area contributed by atoms with Crippen LogP contribution in [0.1, 0.15) is 35.2 Å². The maximum absolute atomic E-state index is 4.35. The molecule has 0 spiro atoms. The second-order valence-corrected chi connectivity index (χ2v) is 5.89. The number of benzene rings is 1. The predicted octanol–water partition coefficient (Wildman–Crippen LogP) is 4.66. The number of aryl methyl sites for hydroxylation is 1. The minimum atomic E-state index is 0.834. The van der Waals surface area contributed by atoms with Gasteiger partial charge in [-0.3, -0.25) is 4.98 Å². The summed E-state index contributed by atoms with van der Waals surface area (Å²) in [4.78, 5) is 4.35. The van der Waals surface area contributed by atoms with E-state index in [-0.39, 0.29) is 0 Å². The Balaban J connectivity index is 1.63. The van der Waals surface area contributed by atoms with Crippen LogP contribution in [-0.4, -0.2) is 18.1 Å². The third kappa shape index (κ3) is 5.67. The van der Waals surface area contributed by atoms with Crippen LogP contribution >= 0.6 is 0 Å². The largest absolute Gasteiger partial charge is 0.385 e. The number of rotatable bonds is 10. The second-order valence-electron chi connectivity index (χ2n) is 5.89. The molecule has 3 heteroatoms. The molecule has 3 nitrogen and oxygen atoms in total. The summed E-state index contributed by atoms with van der Waals surface area (Å²) >= 11 is 0. The molecule has 0 bridgehead atoms. The van der Waals surface area contributed by atoms with E-state index in [4.69, 9.17) is 0 Å². The quantitative estimate of drug-likeness (QED) is 0.625. The Morgan fingerprint density at radius 3 is 2.54 bits per heavy atom. The van der Waals surface area contributed by atoms with Crippen LogP contribution in [0.4, 0.5) is 5.69 Å². The van der Waals surface area contributed by atoms with Gasteiger partial charge in [-0.15, -0.1) is 0 Å². The molecule has 126 valence electrons. The summed E-state index contributed by atoms with van der Waals surface area (Å²) in [5.74, 6) is 0. The minimum absolute atomic E-state index is 0.834. The maximum atomic E-state index is 4.35. The average molecular weight is 321 g/mol. The molecular weight excluding hydrogens is 294 g/mol. The van der Waals surface area contributed by atoms with Gasteiger partial charge in [0.1, 0.15) is 0 Å². The first kappa shape index (κ1) is 18.0. The normalized spacial score (nSPS) is 10.4. The Kier molecular flexibility index (Phi) is 7.24. The molecule has 0 atom stereocenters. The van der Waals surface area contributed by atoms with Crippen molar-refractivity contribution in [1.29, 1.82) is 0 Å². The van der Waals surface area contributed by atoms with Crippen LogP contribution in [0.2, 0.25) is 0 Å². The van der Waals surface area contributed by atoms with Crippen LogP contribution in [0.3, 0.4) is 0 Å². The molecule has 2 N–H and O–H groups in total. The Bertz CT molecular complexity index is 677. The molecule has 0 unspecified atom stereocenters. The molecule has 2 aromatic rings. The van der Waals surface area contributed by atoms with Crippen molar-refractivity contribution in [1.82, 2.24) is 10.3 Å². The van der Waals surface area contributed by atoms with Gasteiger partial charge in [-0.25, -0.2) is 0 Å². The van der Waals surface area contributed by atoms with E-state index in [1.807, 2.05) is 24.4 Å². The Labute approximate surface area is 145 Å². The predicted molar refractivity (Wildman–Crippen MR) is 105 cm³/mol. The summed E-state index contributed by atoms with van der Waals surface area (Å²) < 4.78 is 0. The van der Waals surface area contributed by atoms with Gasteiger partial charge in [-0.05, 0) is 67.3 Å². The SMILES string of the molecule is C=Cc1ccc(NCCCCNCc2cc(C)ccn2)cc1C=C. The third-order valence-corrected chi connectivity index (χ3v) is 3.91. The van der Waals surface area contributed by atoms with Crippen molar-refractivity contribution in [2.75, 3.05) is 18.4 Å². The highest BCUT2D eigenvalue weighted by atomic mass is 14.9. The Morgan fingerprint density at radius 1 is 1.00 bits per heavy atom. The highest BCUT2D eigenvalue weighted by molar-refractivity contribution is 5.67. The third-order valence-electron chi connectivity index (χ3n) is 3.91. The van der Waals surface area contributed by atoms with Crippen molar-refractivity contribution in [3.63, 3.8) is 0 Å². The zero-order valence-electron chi connectivity index (χ0n) is 14.5. The van der Waals surface area contributed by atoms with Crippen molar-refractivity contribution in [3.8, 4) is 0 Å². The molecule has 24 heavy (non-hydrogen) atoms. The lowest BCUT2D eigenvalue weighted by molar-refractivity contribution is 0.625. The number of unbranched alkanes of at least 4 members (excludes halogenated alkanes) is 1. The van der Waals surface area contributed by atoms with Crippen molar-refractivity contribution in [3.05, 3.63) is 72.1 Å². The van der Waals surface area contributed by atoms with E-state index in [0.29, 0.717) is 0 Å². The lowest BCUT2D eigenvalue weighted by atomic mass is 10.1. The van der Waals surface area contributed by atoms with Crippen molar-refractivity contribution in [2.45, 2.75) is 26.3 Å². The summed E-state index contributed by atoms with van der Waals surface area (Å²) in [6, 6.07) is 10.4. The van der Waals surface area contributed by atoms with Gasteiger partial charge in [0, 0.05) is 25.0 Å². The molecule has 0 fully saturated rings. The summed E-state index contributed by atoms with van der Waals surface area (Å²) in [7, 11) is 0. The zero-order valence-corrected chi connectivity index (χ0v) is 14.5. The fourth-order valence-electron chi connectivity index (χ4n) is 2.57. The van der Waals surface area contributed by atoms with Crippen LogP contribution in [0.5, 0.6) is 0 Å². The molecule has 0 aliphatic heterocycles. The summed E-state index contributed by atoms with van der Waals surface area (Å²) in [5, 5.41) is 6.91. The Hall–Kier alpha value is -2.39. The lowest BCUT2D eigenvalue weighted by Gasteiger charge is -2.09. The molecule has 0 saturated carbocycles. The van der Waals surface area contributed by atoms with Crippen LogP contribution in [0.15, 0.2) is 49.7 Å². The topological polar surface area (TPSA) is 37.0 Å². The molecule has 0 radical (unpaired) electrons. The smallest absolute Gasteiger partial charge is 0.0544 e. The number of nitrogens with one attached hydrogen (secondary N) is 2. The highest BCUT2D eigenvalue weighted by Gasteiger charge is 1.98. The maximum Gasteiger partial charge on any atom is 0.0544 e. The number of hydrogen-bond acceptors (Lipinski definition) is 3. The van der Waals surface area contributed by atoms with E-state index in [1.165, 1.54) is 5.56 Å². The van der Waals surface area contributed by atoms with Crippen molar-refractivity contribution >= 4 is 17.8 Å². The fourth-order valence-corrected chi connectivity index (χ4v) is 2.57. The molecule has 0 aliphatic carbocycles. The van der Waals surface area contributed by atoms with Crippen LogP contribution in [0.25, 0.3) is 12.2 Å². The highest BCUT2D eigenvalue weighted by Crippen LogP contribution is 2.18. The first-order valence-electron chi connectivity index (χ1n) is 8.48. The zero-order chi connectivity index (χ0) is 17.2.